The highest BCUT2D eigenvalue weighted by Crippen LogP contribution is 2.36. The number of piperidine rings is 1. The second-order valence-corrected chi connectivity index (χ2v) is 8.35. The Morgan fingerprint density at radius 2 is 2.15 bits per heavy atom. The van der Waals surface area contributed by atoms with Crippen LogP contribution in [0, 0.1) is 12.8 Å². The summed E-state index contributed by atoms with van der Waals surface area (Å²) >= 11 is 6.22. The van der Waals surface area contributed by atoms with Gasteiger partial charge >= 0.3 is 6.09 Å². The van der Waals surface area contributed by atoms with Crippen molar-refractivity contribution in [3.8, 4) is 0 Å². The number of ether oxygens (including phenoxy) is 2. The van der Waals surface area contributed by atoms with Crippen LogP contribution in [0.1, 0.15) is 50.8 Å². The van der Waals surface area contributed by atoms with Crippen LogP contribution in [0.5, 0.6) is 0 Å². The van der Waals surface area contributed by atoms with Crippen molar-refractivity contribution in [3.63, 3.8) is 0 Å². The lowest BCUT2D eigenvalue weighted by Gasteiger charge is -2.38. The number of nitrogens with two attached hydrogens (primary N) is 1. The molecule has 1 heterocycles. The molecule has 5 nitrogen and oxygen atoms in total. The first-order valence-electron chi connectivity index (χ1n) is 9.27. The highest BCUT2D eigenvalue weighted by Gasteiger charge is 2.33. The molecule has 1 aromatic carbocycles. The molecule has 1 saturated heterocycles. The molecule has 6 heteroatoms. The van der Waals surface area contributed by atoms with Crippen molar-refractivity contribution in [1.82, 2.24) is 4.90 Å². The summed E-state index contributed by atoms with van der Waals surface area (Å²) in [5.74, 6) is 0.181. The normalized spacial score (nSPS) is 19.3. The first kappa shape index (κ1) is 21.0. The SMILES string of the molecule is Cc1ccc(Cl)cc1[C@H](OCCN)C1CCCN(C(=O)OC(C)(C)C)C1. The lowest BCUT2D eigenvalue weighted by Crippen LogP contribution is -2.44. The van der Waals surface area contributed by atoms with Gasteiger partial charge in [-0.2, -0.15) is 0 Å². The molecule has 0 radical (unpaired) electrons. The number of benzene rings is 1. The van der Waals surface area contributed by atoms with Crippen LogP contribution in [0.4, 0.5) is 4.79 Å². The number of hydrogen-bond acceptors (Lipinski definition) is 4. The number of amides is 1. The lowest BCUT2D eigenvalue weighted by molar-refractivity contribution is -0.0235. The lowest BCUT2D eigenvalue weighted by atomic mass is 9.86. The van der Waals surface area contributed by atoms with E-state index in [4.69, 9.17) is 26.8 Å². The predicted molar refractivity (Wildman–Crippen MR) is 104 cm³/mol. The average Bonchev–Trinajstić information content (AvgIpc) is 2.57. The quantitative estimate of drug-likeness (QED) is 0.823. The third-order valence-electron chi connectivity index (χ3n) is 4.50. The van der Waals surface area contributed by atoms with Crippen LogP contribution in [0.25, 0.3) is 0 Å². The van der Waals surface area contributed by atoms with Gasteiger partial charge in [-0.3, -0.25) is 0 Å². The molecular weight excluding hydrogens is 352 g/mol. The molecule has 2 atom stereocenters. The van der Waals surface area contributed by atoms with E-state index in [1.54, 1.807) is 4.90 Å². The second kappa shape index (κ2) is 9.07. The van der Waals surface area contributed by atoms with E-state index in [0.29, 0.717) is 31.3 Å². The van der Waals surface area contributed by atoms with Crippen LogP contribution in [0.3, 0.4) is 0 Å². The summed E-state index contributed by atoms with van der Waals surface area (Å²) in [6, 6.07) is 5.85. The molecule has 2 N–H and O–H groups in total. The maximum Gasteiger partial charge on any atom is 0.410 e. The first-order chi connectivity index (χ1) is 12.2. The number of likely N-dealkylation sites (tertiary alicyclic amines) is 1. The molecule has 0 aliphatic carbocycles. The van der Waals surface area contributed by atoms with E-state index >= 15 is 0 Å². The fourth-order valence-corrected chi connectivity index (χ4v) is 3.52. The number of halogens is 1. The Bertz CT molecular complexity index is 616. The van der Waals surface area contributed by atoms with Gasteiger partial charge in [-0.05, 0) is 63.8 Å². The molecule has 2 rings (SSSR count). The highest BCUT2D eigenvalue weighted by atomic mass is 35.5. The Hall–Kier alpha value is -1.30. The molecule has 1 aliphatic heterocycles. The van der Waals surface area contributed by atoms with Crippen molar-refractivity contribution >= 4 is 17.7 Å². The Kier molecular flexibility index (Phi) is 7.33. The van der Waals surface area contributed by atoms with Gasteiger partial charge in [-0.15, -0.1) is 0 Å². The third-order valence-corrected chi connectivity index (χ3v) is 4.74. The van der Waals surface area contributed by atoms with E-state index in [1.807, 2.05) is 39.0 Å². The van der Waals surface area contributed by atoms with E-state index < -0.39 is 5.60 Å². The zero-order valence-electron chi connectivity index (χ0n) is 16.3. The van der Waals surface area contributed by atoms with Crippen LogP contribution in [-0.4, -0.2) is 42.8 Å². The maximum absolute atomic E-state index is 12.5. The summed E-state index contributed by atoms with van der Waals surface area (Å²) in [5, 5.41) is 0.687. The minimum Gasteiger partial charge on any atom is -0.444 e. The van der Waals surface area contributed by atoms with Crippen molar-refractivity contribution in [2.24, 2.45) is 11.7 Å². The van der Waals surface area contributed by atoms with E-state index in [9.17, 15) is 4.79 Å². The Labute approximate surface area is 161 Å². The van der Waals surface area contributed by atoms with Crippen molar-refractivity contribution in [1.29, 1.82) is 0 Å². The van der Waals surface area contributed by atoms with E-state index in [0.717, 1.165) is 24.0 Å². The van der Waals surface area contributed by atoms with Gasteiger partial charge in [-0.1, -0.05) is 17.7 Å². The van der Waals surface area contributed by atoms with Gasteiger partial charge in [0, 0.05) is 30.6 Å². The number of carbonyl (C=O) groups is 1. The van der Waals surface area contributed by atoms with E-state index in [2.05, 4.69) is 6.92 Å². The molecule has 26 heavy (non-hydrogen) atoms. The number of nitrogens with zero attached hydrogens (tertiary/aromatic N) is 1. The predicted octanol–water partition coefficient (Wildman–Crippen LogP) is 4.31. The van der Waals surface area contributed by atoms with Crippen LogP contribution in [0.2, 0.25) is 5.02 Å². The molecule has 0 aromatic heterocycles. The summed E-state index contributed by atoms with van der Waals surface area (Å²) in [6.45, 7) is 9.95. The molecule has 1 amide bonds. The summed E-state index contributed by atoms with van der Waals surface area (Å²) < 4.78 is 11.7. The van der Waals surface area contributed by atoms with Crippen LogP contribution in [-0.2, 0) is 9.47 Å². The number of rotatable bonds is 5. The minimum atomic E-state index is -0.497. The second-order valence-electron chi connectivity index (χ2n) is 7.91. The summed E-state index contributed by atoms with van der Waals surface area (Å²) in [4.78, 5) is 14.3. The van der Waals surface area contributed by atoms with Crippen LogP contribution >= 0.6 is 11.6 Å². The smallest absolute Gasteiger partial charge is 0.410 e. The van der Waals surface area contributed by atoms with E-state index in [-0.39, 0.29) is 18.1 Å². The maximum atomic E-state index is 12.5. The molecule has 1 fully saturated rings. The monoisotopic (exact) mass is 382 g/mol. The number of aryl methyl sites for hydroxylation is 1. The number of carbonyl (C=O) groups excluding carboxylic acids is 1. The Balaban J connectivity index is 2.19. The van der Waals surface area contributed by atoms with Crippen LogP contribution < -0.4 is 5.73 Å². The zero-order valence-corrected chi connectivity index (χ0v) is 17.0. The Morgan fingerprint density at radius 3 is 2.81 bits per heavy atom. The van der Waals surface area contributed by atoms with Gasteiger partial charge in [0.15, 0.2) is 0 Å². The first-order valence-corrected chi connectivity index (χ1v) is 9.64. The highest BCUT2D eigenvalue weighted by molar-refractivity contribution is 6.30. The largest absolute Gasteiger partial charge is 0.444 e. The molecule has 1 unspecified atom stereocenters. The molecular formula is C20H31ClN2O3. The van der Waals surface area contributed by atoms with Crippen molar-refractivity contribution in [2.45, 2.75) is 52.2 Å². The average molecular weight is 383 g/mol. The van der Waals surface area contributed by atoms with Crippen molar-refractivity contribution in [3.05, 3.63) is 34.3 Å². The molecule has 0 bridgehead atoms. The van der Waals surface area contributed by atoms with Gasteiger partial charge in [0.25, 0.3) is 0 Å². The Morgan fingerprint density at radius 1 is 1.42 bits per heavy atom. The molecule has 1 aromatic rings. The van der Waals surface area contributed by atoms with Gasteiger partial charge < -0.3 is 20.1 Å². The van der Waals surface area contributed by atoms with Gasteiger partial charge in [0.1, 0.15) is 5.60 Å². The third kappa shape index (κ3) is 5.86. The zero-order chi connectivity index (χ0) is 19.3. The summed E-state index contributed by atoms with van der Waals surface area (Å²) in [6.07, 6.45) is 1.51. The fourth-order valence-electron chi connectivity index (χ4n) is 3.34. The molecule has 146 valence electrons. The van der Waals surface area contributed by atoms with Crippen LogP contribution in [0.15, 0.2) is 18.2 Å². The molecule has 0 spiro atoms. The number of hydrogen-bond donors (Lipinski definition) is 1. The minimum absolute atomic E-state index is 0.137. The van der Waals surface area contributed by atoms with Gasteiger partial charge in [0.05, 0.1) is 12.7 Å². The van der Waals surface area contributed by atoms with Gasteiger partial charge in [-0.25, -0.2) is 4.79 Å². The summed E-state index contributed by atoms with van der Waals surface area (Å²) in [7, 11) is 0. The fraction of sp³-hybridized carbons (Fsp3) is 0.650. The van der Waals surface area contributed by atoms with Crippen molar-refractivity contribution < 1.29 is 14.3 Å². The molecule has 0 saturated carbocycles. The summed E-state index contributed by atoms with van der Waals surface area (Å²) in [5.41, 5.74) is 7.37. The topological polar surface area (TPSA) is 64.8 Å². The van der Waals surface area contributed by atoms with Crippen molar-refractivity contribution in [2.75, 3.05) is 26.2 Å². The van der Waals surface area contributed by atoms with E-state index in [1.165, 1.54) is 0 Å². The van der Waals surface area contributed by atoms with Gasteiger partial charge in [0.2, 0.25) is 0 Å². The standard InChI is InChI=1S/C20H31ClN2O3/c1-14-7-8-16(21)12-17(14)18(25-11-9-22)15-6-5-10-23(13-15)19(24)26-20(2,3)4/h7-8,12,15,18H,5-6,9-11,13,22H2,1-4H3/t15?,18-/m1/s1. The molecule has 1 aliphatic rings.